The Morgan fingerprint density at radius 3 is 1.06 bits per heavy atom. The summed E-state index contributed by atoms with van der Waals surface area (Å²) in [5, 5.41) is 122. The highest BCUT2D eigenvalue weighted by Gasteiger charge is 2.57. The van der Waals surface area contributed by atoms with E-state index in [9.17, 15) is 89.4 Å². The molecule has 0 spiro atoms. The van der Waals surface area contributed by atoms with Crippen molar-refractivity contribution in [2.24, 2.45) is 0 Å². The standard InChI is InChI=1S/C66H80N6O22S2/c1-37(73)71-53-49(77)33-65(63(87)88,93-57(53)55(81)51(79)35-69-61(85)45-9-5-39(6-10-45)41-17-21-47(75)22-18-41)91-27-3-29-95-31-25-67-59(83)43-13-15-44(16-14-43)60(84)68-26-32-96-30-4-28-92-66(64(89)90)34-50(78)54(72-38(2)74)58(94-66)56(82)52(80)36-70-62(86)46-11-7-40(8-12-46)42-19-23-48(76)24-20-42/h5-24,49-58,75-82H,3-4,25-36H2,1-2H3,(H,67,83)(H,68,84)(H,69,85)(H,70,86)(H,71,73)(H,72,74)(H,87,88)(H,89,90)/t49-,50-,51+,52+,53+,54+,55?,56?,57+,58+,65+,66+/m0/s1. The van der Waals surface area contributed by atoms with E-state index >= 15 is 0 Å². The summed E-state index contributed by atoms with van der Waals surface area (Å²) in [5.74, 6) is -9.69. The lowest BCUT2D eigenvalue weighted by Gasteiger charge is -2.46. The van der Waals surface area contributed by atoms with E-state index in [1.165, 1.54) is 96.3 Å². The van der Waals surface area contributed by atoms with Gasteiger partial charge < -0.3 is 102 Å². The Hall–Kier alpha value is -8.24. The van der Waals surface area contributed by atoms with Crippen molar-refractivity contribution in [3.05, 3.63) is 144 Å². The Morgan fingerprint density at radius 1 is 0.469 bits per heavy atom. The van der Waals surface area contributed by atoms with Crippen LogP contribution in [0.2, 0.25) is 0 Å². The summed E-state index contributed by atoms with van der Waals surface area (Å²) in [5.41, 5.74) is 4.11. The van der Waals surface area contributed by atoms with Gasteiger partial charge in [0.25, 0.3) is 35.2 Å². The van der Waals surface area contributed by atoms with E-state index in [4.69, 9.17) is 18.9 Å². The molecule has 5 aromatic rings. The summed E-state index contributed by atoms with van der Waals surface area (Å²) in [6.45, 7) is 1.28. The van der Waals surface area contributed by atoms with Crippen LogP contribution in [0, 0.1) is 0 Å². The maximum absolute atomic E-state index is 13.0. The molecule has 6 amide bonds. The van der Waals surface area contributed by atoms with Crippen molar-refractivity contribution in [2.75, 3.05) is 62.4 Å². The first-order valence-electron chi connectivity index (χ1n) is 30.7. The Bertz CT molecular complexity index is 3210. The van der Waals surface area contributed by atoms with Gasteiger partial charge in [0.05, 0.1) is 49.7 Å². The van der Waals surface area contributed by atoms with Crippen molar-refractivity contribution >= 4 is 70.9 Å². The van der Waals surface area contributed by atoms with Crippen molar-refractivity contribution in [2.45, 2.75) is 112 Å². The van der Waals surface area contributed by atoms with Crippen LogP contribution < -0.4 is 31.9 Å². The zero-order valence-corrected chi connectivity index (χ0v) is 54.0. The first kappa shape index (κ1) is 75.1. The smallest absolute Gasteiger partial charge is 0.364 e. The lowest BCUT2D eigenvalue weighted by Crippen LogP contribution is -2.68. The van der Waals surface area contributed by atoms with Crippen molar-refractivity contribution in [1.82, 2.24) is 31.9 Å². The van der Waals surface area contributed by atoms with Crippen molar-refractivity contribution in [1.29, 1.82) is 0 Å². The Balaban J connectivity index is 0.774. The molecule has 16 N–H and O–H groups in total. The maximum atomic E-state index is 13.0. The van der Waals surface area contributed by atoms with Gasteiger partial charge in [-0.3, -0.25) is 28.8 Å². The van der Waals surface area contributed by atoms with Crippen LogP contribution in [0.25, 0.3) is 22.3 Å². The van der Waals surface area contributed by atoms with Gasteiger partial charge >= 0.3 is 11.9 Å². The monoisotopic (exact) mass is 1370 g/mol. The minimum atomic E-state index is -2.51. The molecule has 96 heavy (non-hydrogen) atoms. The minimum Gasteiger partial charge on any atom is -0.508 e. The third kappa shape index (κ3) is 20.9. The van der Waals surface area contributed by atoms with Crippen molar-refractivity contribution < 1.29 is 108 Å². The van der Waals surface area contributed by atoms with Gasteiger partial charge in [-0.2, -0.15) is 23.5 Å². The van der Waals surface area contributed by atoms with Crippen LogP contribution in [0.1, 0.15) is 81.0 Å². The molecular formula is C66H80N6O22S2. The number of nitrogens with one attached hydrogen (secondary N) is 6. The number of hydrogen-bond donors (Lipinski definition) is 16. The summed E-state index contributed by atoms with van der Waals surface area (Å²) in [6, 6.07) is 29.0. The number of carboxylic acids is 2. The van der Waals surface area contributed by atoms with Crippen LogP contribution in [0.5, 0.6) is 11.5 Å². The molecule has 0 aliphatic carbocycles. The van der Waals surface area contributed by atoms with Crippen LogP contribution in [0.3, 0.4) is 0 Å². The van der Waals surface area contributed by atoms with Gasteiger partial charge in [0.1, 0.15) is 35.9 Å². The lowest BCUT2D eigenvalue weighted by atomic mass is 9.88. The average molecular weight is 1370 g/mol. The molecule has 0 bridgehead atoms. The number of carboxylic acid groups (broad SMARTS) is 2. The number of aliphatic carboxylic acids is 2. The van der Waals surface area contributed by atoms with Gasteiger partial charge in [0.2, 0.25) is 11.8 Å². The highest BCUT2D eigenvalue weighted by Crippen LogP contribution is 2.36. The molecule has 2 heterocycles. The number of thioether (sulfide) groups is 2. The van der Waals surface area contributed by atoms with E-state index in [-0.39, 0.29) is 72.9 Å². The first-order chi connectivity index (χ1) is 45.8. The molecule has 7 rings (SSSR count). The molecule has 2 unspecified atom stereocenters. The second-order valence-corrected chi connectivity index (χ2v) is 25.2. The molecule has 0 radical (unpaired) electrons. The average Bonchev–Trinajstić information content (AvgIpc) is 0.778. The van der Waals surface area contributed by atoms with Gasteiger partial charge in [-0.1, -0.05) is 48.5 Å². The van der Waals surface area contributed by atoms with Crippen LogP contribution >= 0.6 is 23.5 Å². The zero-order valence-electron chi connectivity index (χ0n) is 52.4. The molecule has 0 saturated carbocycles. The predicted molar refractivity (Wildman–Crippen MR) is 350 cm³/mol. The second kappa shape index (κ2) is 35.7. The predicted octanol–water partition coefficient (Wildman–Crippen LogP) is 1.35. The SMILES string of the molecule is CC(=O)N[C@@H]1[C@@H](O)C[C@](OCCCSCCNC(=O)c2ccc(C(=O)NCCSCCCO[C@]3(C(=O)O)C[C@H](O)[C@@H](NC(C)=O)[C@H](C(O)[C@H](O)CNC(=O)c4ccc(-c5ccc(O)cc5)cc4)O3)cc2)(C(=O)O)O[C@H]1C(O)[C@H](O)CNC(=O)c1ccc(-c2ccc(O)cc2)cc1. The molecule has 2 aliphatic heterocycles. The van der Waals surface area contributed by atoms with E-state index in [0.29, 0.717) is 23.0 Å². The fourth-order valence-corrected chi connectivity index (χ4v) is 12.1. The number of amides is 6. The summed E-state index contributed by atoms with van der Waals surface area (Å²) < 4.78 is 23.1. The van der Waals surface area contributed by atoms with Gasteiger partial charge in [0, 0.05) is 86.6 Å². The Labute approximate surface area is 560 Å². The van der Waals surface area contributed by atoms with E-state index in [0.717, 1.165) is 36.1 Å². The normalized spacial score (nSPS) is 22.0. The number of aliphatic hydroxyl groups excluding tert-OH is 6. The van der Waals surface area contributed by atoms with Crippen LogP contribution in [0.4, 0.5) is 0 Å². The first-order valence-corrected chi connectivity index (χ1v) is 33.0. The summed E-state index contributed by atoms with van der Waals surface area (Å²) in [6.07, 6.45) is -14.9. The highest BCUT2D eigenvalue weighted by atomic mass is 32.2. The molecule has 2 saturated heterocycles. The highest BCUT2D eigenvalue weighted by molar-refractivity contribution is 7.99. The third-order valence-electron chi connectivity index (χ3n) is 15.6. The van der Waals surface area contributed by atoms with Crippen molar-refractivity contribution in [3.63, 3.8) is 0 Å². The Morgan fingerprint density at radius 2 is 0.760 bits per heavy atom. The number of ether oxygens (including phenoxy) is 4. The fourth-order valence-electron chi connectivity index (χ4n) is 10.6. The van der Waals surface area contributed by atoms with Crippen LogP contribution in [-0.4, -0.2) is 233 Å². The molecular weight excluding hydrogens is 1290 g/mol. The van der Waals surface area contributed by atoms with Crippen molar-refractivity contribution in [3.8, 4) is 33.8 Å². The molecule has 30 heteroatoms. The minimum absolute atomic E-state index is 0.0957. The molecule has 28 nitrogen and oxygen atoms in total. The van der Waals surface area contributed by atoms with E-state index in [1.54, 1.807) is 48.5 Å². The zero-order chi connectivity index (χ0) is 69.7. The number of aromatic hydroxyl groups is 2. The molecule has 2 aliphatic rings. The molecule has 0 aromatic heterocycles. The fraction of sp³-hybridized carbons (Fsp3) is 0.424. The maximum Gasteiger partial charge on any atom is 0.364 e. The second-order valence-electron chi connectivity index (χ2n) is 22.8. The van der Waals surface area contributed by atoms with Gasteiger partial charge in [-0.05, 0) is 119 Å². The molecule has 2 fully saturated rings. The molecule has 518 valence electrons. The van der Waals surface area contributed by atoms with E-state index < -0.39 is 146 Å². The molecule has 5 aromatic carbocycles. The van der Waals surface area contributed by atoms with Gasteiger partial charge in [-0.25, -0.2) is 9.59 Å². The number of phenols is 2. The number of phenolic OH excluding ortho intramolecular Hbond substituents is 2. The van der Waals surface area contributed by atoms with E-state index in [1.807, 2.05) is 0 Å². The number of hydrogen-bond acceptors (Lipinski definition) is 22. The summed E-state index contributed by atoms with van der Waals surface area (Å²) >= 11 is 2.82. The summed E-state index contributed by atoms with van der Waals surface area (Å²) in [4.78, 5) is 102. The van der Waals surface area contributed by atoms with E-state index in [2.05, 4.69) is 31.9 Å². The third-order valence-corrected chi connectivity index (χ3v) is 17.8. The van der Waals surface area contributed by atoms with Gasteiger partial charge in [0.15, 0.2) is 0 Å². The topological polar surface area (TPSA) is 448 Å². The Kier molecular flexibility index (Phi) is 27.9. The number of carbonyl (C=O) groups is 8. The molecule has 12 atom stereocenters. The van der Waals surface area contributed by atoms with Crippen LogP contribution in [-0.2, 0) is 38.1 Å². The lowest BCUT2D eigenvalue weighted by molar-refractivity contribution is -0.310. The largest absolute Gasteiger partial charge is 0.508 e. The number of rotatable bonds is 34. The van der Waals surface area contributed by atoms with Crippen LogP contribution in [0.15, 0.2) is 121 Å². The number of benzene rings is 5. The number of carbonyl (C=O) groups excluding carboxylic acids is 6. The number of aliphatic hydroxyl groups is 6. The van der Waals surface area contributed by atoms with Gasteiger partial charge in [-0.15, -0.1) is 0 Å². The quantitative estimate of drug-likeness (QED) is 0.0258. The summed E-state index contributed by atoms with van der Waals surface area (Å²) in [7, 11) is 0.